The van der Waals surface area contributed by atoms with E-state index in [1.165, 1.54) is 0 Å². The molecule has 0 bridgehead atoms. The smallest absolute Gasteiger partial charge is 0.257 e. The van der Waals surface area contributed by atoms with E-state index in [1.807, 2.05) is 41.3 Å². The second-order valence-corrected chi connectivity index (χ2v) is 6.31. The molecule has 0 unspecified atom stereocenters. The van der Waals surface area contributed by atoms with Gasteiger partial charge in [-0.05, 0) is 23.8 Å². The molecule has 3 aromatic rings. The molecule has 1 atom stereocenters. The van der Waals surface area contributed by atoms with E-state index in [9.17, 15) is 4.79 Å². The van der Waals surface area contributed by atoms with Gasteiger partial charge in [0.25, 0.3) is 5.89 Å². The van der Waals surface area contributed by atoms with Gasteiger partial charge in [-0.3, -0.25) is 4.79 Å². The van der Waals surface area contributed by atoms with Crippen molar-refractivity contribution >= 4 is 5.91 Å². The first kappa shape index (κ1) is 16.0. The average molecular weight is 344 g/mol. The third kappa shape index (κ3) is 3.20. The lowest BCUT2D eigenvalue weighted by Crippen LogP contribution is -2.24. The lowest BCUT2D eigenvalue weighted by molar-refractivity contribution is -0.128. The summed E-state index contributed by atoms with van der Waals surface area (Å²) in [5, 5.41) is 13.1. The number of hydrogen-bond donors (Lipinski definition) is 0. The van der Waals surface area contributed by atoms with Crippen LogP contribution in [0, 0.1) is 11.3 Å². The lowest BCUT2D eigenvalue weighted by atomic mass is 10.1. The van der Waals surface area contributed by atoms with Crippen LogP contribution in [0.4, 0.5) is 0 Å². The van der Waals surface area contributed by atoms with E-state index < -0.39 is 0 Å². The zero-order chi connectivity index (χ0) is 17.9. The molecule has 6 heteroatoms. The molecule has 2 aromatic carbocycles. The summed E-state index contributed by atoms with van der Waals surface area (Å²) < 4.78 is 5.35. The van der Waals surface area contributed by atoms with Crippen molar-refractivity contribution in [2.75, 3.05) is 6.54 Å². The van der Waals surface area contributed by atoms with Gasteiger partial charge < -0.3 is 9.42 Å². The monoisotopic (exact) mass is 344 g/mol. The number of nitrogens with zero attached hydrogens (tertiary/aromatic N) is 4. The van der Waals surface area contributed by atoms with E-state index in [2.05, 4.69) is 16.2 Å². The highest BCUT2D eigenvalue weighted by Gasteiger charge is 2.33. The quantitative estimate of drug-likeness (QED) is 0.726. The van der Waals surface area contributed by atoms with Crippen LogP contribution in [0.2, 0.25) is 0 Å². The highest BCUT2D eigenvalue weighted by molar-refractivity contribution is 5.79. The van der Waals surface area contributed by atoms with E-state index in [0.29, 0.717) is 42.4 Å². The van der Waals surface area contributed by atoms with E-state index in [-0.39, 0.29) is 11.8 Å². The van der Waals surface area contributed by atoms with Gasteiger partial charge in [0.2, 0.25) is 5.91 Å². The summed E-state index contributed by atoms with van der Waals surface area (Å²) in [6.07, 6.45) is 0.379. The largest absolute Gasteiger partial charge is 0.338 e. The molecule has 1 aliphatic heterocycles. The van der Waals surface area contributed by atoms with Crippen molar-refractivity contribution in [3.63, 3.8) is 0 Å². The van der Waals surface area contributed by atoms with Crippen LogP contribution in [-0.4, -0.2) is 27.5 Å². The first-order valence-corrected chi connectivity index (χ1v) is 8.39. The topological polar surface area (TPSA) is 83.0 Å². The predicted molar refractivity (Wildman–Crippen MR) is 93.7 cm³/mol. The molecule has 0 N–H and O–H groups in total. The minimum Gasteiger partial charge on any atom is -0.338 e. The fourth-order valence-electron chi connectivity index (χ4n) is 3.14. The van der Waals surface area contributed by atoms with Crippen LogP contribution in [0.25, 0.3) is 11.5 Å². The Balaban J connectivity index is 1.50. The van der Waals surface area contributed by atoms with Gasteiger partial charge in [0.05, 0.1) is 11.6 Å². The minimum atomic E-state index is -0.0807. The summed E-state index contributed by atoms with van der Waals surface area (Å²) >= 11 is 0. The molecule has 0 aliphatic carbocycles. The van der Waals surface area contributed by atoms with E-state index in [4.69, 9.17) is 9.78 Å². The van der Waals surface area contributed by atoms with Gasteiger partial charge in [-0.25, -0.2) is 0 Å². The molecule has 0 radical (unpaired) electrons. The van der Waals surface area contributed by atoms with Crippen molar-refractivity contribution in [1.29, 1.82) is 5.26 Å². The van der Waals surface area contributed by atoms with Crippen molar-refractivity contribution in [2.24, 2.45) is 0 Å². The third-order valence-corrected chi connectivity index (χ3v) is 4.48. The van der Waals surface area contributed by atoms with Gasteiger partial charge in [-0.1, -0.05) is 41.6 Å². The highest BCUT2D eigenvalue weighted by Crippen LogP contribution is 2.29. The van der Waals surface area contributed by atoms with Gasteiger partial charge >= 0.3 is 0 Å². The number of carbonyl (C=O) groups excluding carboxylic acids is 1. The Labute approximate surface area is 150 Å². The summed E-state index contributed by atoms with van der Waals surface area (Å²) in [4.78, 5) is 18.6. The molecular weight excluding hydrogens is 328 g/mol. The summed E-state index contributed by atoms with van der Waals surface area (Å²) in [6.45, 7) is 1.16. The Hall–Kier alpha value is -3.46. The maximum Gasteiger partial charge on any atom is 0.257 e. The Morgan fingerprint density at radius 2 is 2.04 bits per heavy atom. The van der Waals surface area contributed by atoms with Crippen molar-refractivity contribution in [1.82, 2.24) is 15.0 Å². The number of benzene rings is 2. The standard InChI is InChI=1S/C20H16N4O2/c21-11-15-7-4-8-16(9-15)20-22-19(23-26-20)17-10-18(25)24(13-17)12-14-5-2-1-3-6-14/h1-9,17H,10,12-13H2/t17-/m1/s1. The second kappa shape index (κ2) is 6.81. The van der Waals surface area contributed by atoms with Crippen LogP contribution >= 0.6 is 0 Å². The molecule has 4 rings (SSSR count). The molecular formula is C20H16N4O2. The molecule has 1 aliphatic rings. The Kier molecular flexibility index (Phi) is 4.20. The van der Waals surface area contributed by atoms with E-state index in [1.54, 1.807) is 18.2 Å². The third-order valence-electron chi connectivity index (χ3n) is 4.48. The minimum absolute atomic E-state index is 0.0807. The number of hydrogen-bond acceptors (Lipinski definition) is 5. The fraction of sp³-hybridized carbons (Fsp3) is 0.200. The SMILES string of the molecule is N#Cc1cccc(-c2nc([C@@H]3CC(=O)N(Cc4ccccc4)C3)no2)c1. The van der Waals surface area contributed by atoms with E-state index in [0.717, 1.165) is 5.56 Å². The Bertz CT molecular complexity index is 975. The fourth-order valence-corrected chi connectivity index (χ4v) is 3.14. The van der Waals surface area contributed by atoms with Crippen molar-refractivity contribution < 1.29 is 9.32 Å². The van der Waals surface area contributed by atoms with Crippen LogP contribution in [-0.2, 0) is 11.3 Å². The number of aromatic nitrogens is 2. The maximum atomic E-state index is 12.3. The number of rotatable bonds is 4. The van der Waals surface area contributed by atoms with Crippen molar-refractivity contribution in [2.45, 2.75) is 18.9 Å². The van der Waals surface area contributed by atoms with E-state index >= 15 is 0 Å². The molecule has 2 heterocycles. The molecule has 1 saturated heterocycles. The molecule has 0 spiro atoms. The summed E-state index contributed by atoms with van der Waals surface area (Å²) in [7, 11) is 0. The highest BCUT2D eigenvalue weighted by atomic mass is 16.5. The molecule has 0 saturated carbocycles. The average Bonchev–Trinajstić information content (AvgIpc) is 3.30. The zero-order valence-corrected chi connectivity index (χ0v) is 14.0. The summed E-state index contributed by atoms with van der Waals surface area (Å²) in [5.74, 6) is 0.914. The number of carbonyl (C=O) groups is 1. The molecule has 1 amide bonds. The number of amides is 1. The van der Waals surface area contributed by atoms with Crippen molar-refractivity contribution in [3.05, 3.63) is 71.5 Å². The molecule has 1 aromatic heterocycles. The zero-order valence-electron chi connectivity index (χ0n) is 14.0. The normalized spacial score (nSPS) is 16.7. The summed E-state index contributed by atoms with van der Waals surface area (Å²) in [6, 6.07) is 19.0. The van der Waals surface area contributed by atoms with Crippen LogP contribution in [0.5, 0.6) is 0 Å². The lowest BCUT2D eigenvalue weighted by Gasteiger charge is -2.15. The van der Waals surface area contributed by atoms with Crippen LogP contribution in [0.1, 0.15) is 29.3 Å². The summed E-state index contributed by atoms with van der Waals surface area (Å²) in [5.41, 5.74) is 2.34. The van der Waals surface area contributed by atoms with Crippen LogP contribution in [0.3, 0.4) is 0 Å². The first-order chi connectivity index (χ1) is 12.7. The van der Waals surface area contributed by atoms with Crippen LogP contribution < -0.4 is 0 Å². The number of likely N-dealkylation sites (tertiary alicyclic amines) is 1. The van der Waals surface area contributed by atoms with Gasteiger partial charge in [-0.2, -0.15) is 10.2 Å². The molecule has 1 fully saturated rings. The van der Waals surface area contributed by atoms with Gasteiger partial charge in [0, 0.05) is 31.0 Å². The van der Waals surface area contributed by atoms with Crippen molar-refractivity contribution in [3.8, 4) is 17.5 Å². The second-order valence-electron chi connectivity index (χ2n) is 6.31. The maximum absolute atomic E-state index is 12.3. The predicted octanol–water partition coefficient (Wildman–Crippen LogP) is 3.12. The Morgan fingerprint density at radius 1 is 1.19 bits per heavy atom. The molecule has 6 nitrogen and oxygen atoms in total. The Morgan fingerprint density at radius 3 is 2.85 bits per heavy atom. The van der Waals surface area contributed by atoms with Gasteiger partial charge in [0.15, 0.2) is 5.82 Å². The number of nitriles is 1. The van der Waals surface area contributed by atoms with Gasteiger partial charge in [-0.15, -0.1) is 0 Å². The molecule has 128 valence electrons. The van der Waals surface area contributed by atoms with Crippen LogP contribution in [0.15, 0.2) is 59.1 Å². The first-order valence-electron chi connectivity index (χ1n) is 8.39. The molecule has 26 heavy (non-hydrogen) atoms. The van der Waals surface area contributed by atoms with Gasteiger partial charge in [0.1, 0.15) is 0 Å².